The maximum atomic E-state index is 2.32. The molecule has 28 heavy (non-hydrogen) atoms. The number of hydrogen-bond acceptors (Lipinski definition) is 0. The van der Waals surface area contributed by atoms with Crippen molar-refractivity contribution >= 4 is 21.5 Å². The predicted octanol–water partition coefficient (Wildman–Crippen LogP) is 5.49. The van der Waals surface area contributed by atoms with Crippen LogP contribution >= 0.6 is 0 Å². The molecule has 1 heterocycles. The predicted molar refractivity (Wildman–Crippen MR) is 115 cm³/mol. The molecular weight excluding hydrogens is 340 g/mol. The molecule has 2 nitrogen and oxygen atoms in total. The van der Waals surface area contributed by atoms with Crippen LogP contribution in [0.2, 0.25) is 0 Å². The second-order valence-electron chi connectivity index (χ2n) is 7.55. The summed E-state index contributed by atoms with van der Waals surface area (Å²) in [7, 11) is 0. The van der Waals surface area contributed by atoms with Crippen LogP contribution in [0.1, 0.15) is 16.8 Å². The van der Waals surface area contributed by atoms with Crippen LogP contribution in [0.3, 0.4) is 0 Å². The summed E-state index contributed by atoms with van der Waals surface area (Å²) in [6.45, 7) is 3.95. The maximum absolute atomic E-state index is 2.32. The van der Waals surface area contributed by atoms with E-state index < -0.39 is 0 Å². The molecule has 0 bridgehead atoms. The van der Waals surface area contributed by atoms with Crippen molar-refractivity contribution in [2.45, 2.75) is 20.0 Å². The average molecular weight is 363 g/mol. The molecule has 0 amide bonds. The van der Waals surface area contributed by atoms with Gasteiger partial charge in [0.25, 0.3) is 0 Å². The fraction of sp³-hybridized carbons (Fsp3) is 0.115. The van der Waals surface area contributed by atoms with Crippen molar-refractivity contribution in [1.82, 2.24) is 4.57 Å². The van der Waals surface area contributed by atoms with Gasteiger partial charge in [0, 0.05) is 6.92 Å². The van der Waals surface area contributed by atoms with Crippen LogP contribution in [0, 0.1) is 6.92 Å². The van der Waals surface area contributed by atoms with Gasteiger partial charge in [-0.05, 0) is 44.8 Å². The van der Waals surface area contributed by atoms with Gasteiger partial charge in [0.05, 0.1) is 0 Å². The summed E-state index contributed by atoms with van der Waals surface area (Å²) < 4.78 is 4.60. The molecule has 0 aliphatic rings. The minimum Gasteiger partial charge on any atom is -0.232 e. The molecular formula is C26H23N2+. The summed E-state index contributed by atoms with van der Waals surface area (Å²) in [5, 5.41) is 5.19. The largest absolute Gasteiger partial charge is 0.244 e. The molecule has 0 aliphatic heterocycles. The normalized spacial score (nSPS) is 11.3. The molecule has 0 saturated heterocycles. The highest BCUT2D eigenvalue weighted by molar-refractivity contribution is 5.83. The summed E-state index contributed by atoms with van der Waals surface area (Å²) in [4.78, 5) is 0. The van der Waals surface area contributed by atoms with Crippen LogP contribution in [0.25, 0.3) is 21.5 Å². The van der Waals surface area contributed by atoms with Crippen molar-refractivity contribution in [3.63, 3.8) is 0 Å². The van der Waals surface area contributed by atoms with E-state index in [-0.39, 0.29) is 0 Å². The zero-order valence-corrected chi connectivity index (χ0v) is 16.0. The summed E-state index contributed by atoms with van der Waals surface area (Å²) in [6, 6.07) is 30.5. The Hall–Kier alpha value is -3.39. The first-order chi connectivity index (χ1) is 13.7. The Morgan fingerprint density at radius 3 is 1.93 bits per heavy atom. The van der Waals surface area contributed by atoms with Crippen molar-refractivity contribution in [3.05, 3.63) is 114 Å². The minimum absolute atomic E-state index is 0.885. The van der Waals surface area contributed by atoms with E-state index >= 15 is 0 Å². The molecule has 0 unspecified atom stereocenters. The highest BCUT2D eigenvalue weighted by Crippen LogP contribution is 2.17. The van der Waals surface area contributed by atoms with E-state index in [1.165, 1.54) is 38.4 Å². The van der Waals surface area contributed by atoms with Gasteiger partial charge in [-0.2, -0.15) is 0 Å². The fourth-order valence-corrected chi connectivity index (χ4v) is 3.95. The summed E-state index contributed by atoms with van der Waals surface area (Å²) >= 11 is 0. The third-order valence-corrected chi connectivity index (χ3v) is 5.44. The van der Waals surface area contributed by atoms with Gasteiger partial charge in [0.1, 0.15) is 25.0 Å². The Morgan fingerprint density at radius 1 is 0.679 bits per heavy atom. The Kier molecular flexibility index (Phi) is 4.17. The Labute approximate surface area is 165 Å². The van der Waals surface area contributed by atoms with Crippen molar-refractivity contribution in [2.75, 3.05) is 0 Å². The fourth-order valence-electron chi connectivity index (χ4n) is 3.95. The lowest BCUT2D eigenvalue weighted by molar-refractivity contribution is -0.688. The molecule has 0 atom stereocenters. The van der Waals surface area contributed by atoms with Crippen molar-refractivity contribution < 1.29 is 4.57 Å². The van der Waals surface area contributed by atoms with Gasteiger partial charge in [0.15, 0.2) is 0 Å². The molecule has 0 radical (unpaired) electrons. The molecule has 136 valence electrons. The van der Waals surface area contributed by atoms with Gasteiger partial charge in [-0.15, -0.1) is 0 Å². The number of rotatable bonds is 4. The van der Waals surface area contributed by atoms with Gasteiger partial charge >= 0.3 is 0 Å². The quantitative estimate of drug-likeness (QED) is 0.374. The summed E-state index contributed by atoms with van der Waals surface area (Å²) in [5.41, 5.74) is 3.93. The van der Waals surface area contributed by atoms with Gasteiger partial charge in [-0.25, -0.2) is 9.13 Å². The SMILES string of the molecule is Cc1c[n+](Cc2ccc3ccccc3c2)cn1Cc1ccc2ccccc2c1. The van der Waals surface area contributed by atoms with Crippen molar-refractivity contribution in [1.29, 1.82) is 0 Å². The molecule has 0 N–H and O–H groups in total. The first kappa shape index (κ1) is 16.8. The molecule has 0 spiro atoms. The number of nitrogens with zero attached hydrogens (tertiary/aromatic N) is 2. The van der Waals surface area contributed by atoms with E-state index in [4.69, 9.17) is 0 Å². The number of aryl methyl sites for hydroxylation is 1. The second kappa shape index (κ2) is 6.97. The van der Waals surface area contributed by atoms with Gasteiger partial charge in [-0.1, -0.05) is 72.8 Å². The number of hydrogen-bond donors (Lipinski definition) is 0. The first-order valence-corrected chi connectivity index (χ1v) is 9.76. The smallest absolute Gasteiger partial charge is 0.232 e. The molecule has 0 fully saturated rings. The van der Waals surface area contributed by atoms with E-state index in [9.17, 15) is 0 Å². The summed E-state index contributed by atoms with van der Waals surface area (Å²) in [6.07, 6.45) is 4.45. The number of benzene rings is 4. The maximum Gasteiger partial charge on any atom is 0.244 e. The Bertz CT molecular complexity index is 1280. The van der Waals surface area contributed by atoms with E-state index in [0.29, 0.717) is 0 Å². The van der Waals surface area contributed by atoms with Crippen LogP contribution in [0.15, 0.2) is 97.5 Å². The van der Waals surface area contributed by atoms with Crippen molar-refractivity contribution in [3.8, 4) is 0 Å². The zero-order valence-electron chi connectivity index (χ0n) is 16.0. The molecule has 5 rings (SSSR count). The Morgan fingerprint density at radius 2 is 1.25 bits per heavy atom. The molecule has 1 aromatic heterocycles. The van der Waals surface area contributed by atoms with E-state index in [2.05, 4.69) is 114 Å². The van der Waals surface area contributed by atoms with Crippen LogP contribution < -0.4 is 4.57 Å². The lowest BCUT2D eigenvalue weighted by Crippen LogP contribution is -2.31. The molecule has 2 heteroatoms. The van der Waals surface area contributed by atoms with Gasteiger partial charge < -0.3 is 0 Å². The standard InChI is InChI=1S/C26H23N2/c1-20-16-27(17-21-10-12-23-6-2-4-8-25(23)14-21)19-28(20)18-22-11-13-24-7-3-5-9-26(24)15-22/h2-16,19H,17-18H2,1H3/q+1. The van der Waals surface area contributed by atoms with Crippen LogP contribution in [-0.4, -0.2) is 4.57 Å². The second-order valence-corrected chi connectivity index (χ2v) is 7.55. The Balaban J connectivity index is 1.39. The minimum atomic E-state index is 0.885. The van der Waals surface area contributed by atoms with Crippen LogP contribution in [-0.2, 0) is 13.1 Å². The third kappa shape index (κ3) is 3.29. The highest BCUT2D eigenvalue weighted by Gasteiger charge is 2.11. The zero-order chi connectivity index (χ0) is 18.9. The van der Waals surface area contributed by atoms with Gasteiger partial charge in [0.2, 0.25) is 6.33 Å². The number of aromatic nitrogens is 2. The first-order valence-electron chi connectivity index (χ1n) is 9.76. The molecule has 4 aromatic carbocycles. The van der Waals surface area contributed by atoms with Gasteiger partial charge in [-0.3, -0.25) is 0 Å². The third-order valence-electron chi connectivity index (χ3n) is 5.44. The summed E-state index contributed by atoms with van der Waals surface area (Å²) in [5.74, 6) is 0. The van der Waals surface area contributed by atoms with E-state index in [1.807, 2.05) is 0 Å². The molecule has 0 saturated carbocycles. The topological polar surface area (TPSA) is 8.81 Å². The lowest BCUT2D eigenvalue weighted by Gasteiger charge is -2.03. The molecule has 0 aliphatic carbocycles. The lowest BCUT2D eigenvalue weighted by atomic mass is 10.1. The van der Waals surface area contributed by atoms with E-state index in [1.54, 1.807) is 0 Å². The van der Waals surface area contributed by atoms with E-state index in [0.717, 1.165) is 13.1 Å². The highest BCUT2D eigenvalue weighted by atomic mass is 15.1. The van der Waals surface area contributed by atoms with Crippen LogP contribution in [0.4, 0.5) is 0 Å². The molecule has 5 aromatic rings. The average Bonchev–Trinajstić information content (AvgIpc) is 3.06. The monoisotopic (exact) mass is 363 g/mol. The van der Waals surface area contributed by atoms with Crippen molar-refractivity contribution in [2.24, 2.45) is 0 Å². The number of imidazole rings is 1. The number of fused-ring (bicyclic) bond motifs is 2. The van der Waals surface area contributed by atoms with Crippen LogP contribution in [0.5, 0.6) is 0 Å².